The van der Waals surface area contributed by atoms with Gasteiger partial charge in [-0.15, -0.1) is 10.2 Å². The van der Waals surface area contributed by atoms with Crippen LogP contribution in [0.25, 0.3) is 16.6 Å². The second-order valence-corrected chi connectivity index (χ2v) is 10.1. The molecule has 1 fully saturated rings. The van der Waals surface area contributed by atoms with E-state index >= 15 is 0 Å². The van der Waals surface area contributed by atoms with E-state index < -0.39 is 18.5 Å². The standard InChI is InChI=1S/C25H22Cl2F2N10O3/c1-35-11-15-8-17(3-4-19(15)33-35)30-24(40)22(10-18-6-7-36(32-18)25(28)29)39-14-41-38(13-42-39)21-9-16(26)2-5-20(21)37-12-23(27)31-34-37/h2-9,11-12,22,25H,10,13-14H2,1H3,(H,30,40). The van der Waals surface area contributed by atoms with Crippen LogP contribution in [0.5, 0.6) is 0 Å². The lowest BCUT2D eigenvalue weighted by Gasteiger charge is -2.38. The number of fused-ring (bicyclic) bond motifs is 1. The average Bonchev–Trinajstić information content (AvgIpc) is 3.71. The van der Waals surface area contributed by atoms with Crippen molar-refractivity contribution in [3.63, 3.8) is 0 Å². The molecule has 1 unspecified atom stereocenters. The smallest absolute Gasteiger partial charge is 0.325 e. The zero-order valence-corrected chi connectivity index (χ0v) is 23.3. The molecular formula is C25H22Cl2F2N10O3. The highest BCUT2D eigenvalue weighted by Gasteiger charge is 2.33. The molecule has 2 aromatic carbocycles. The third-order valence-corrected chi connectivity index (χ3v) is 6.81. The van der Waals surface area contributed by atoms with Gasteiger partial charge in [0.25, 0.3) is 0 Å². The Morgan fingerprint density at radius 1 is 1.05 bits per heavy atom. The number of nitrogens with zero attached hydrogens (tertiary/aromatic N) is 9. The number of aromatic nitrogens is 7. The number of aryl methyl sites for hydroxylation is 1. The molecular weight excluding hydrogens is 597 g/mol. The molecule has 1 amide bonds. The number of rotatable bonds is 8. The first-order valence-corrected chi connectivity index (χ1v) is 13.2. The van der Waals surface area contributed by atoms with Crippen molar-refractivity contribution in [2.45, 2.75) is 19.0 Å². The number of halogens is 4. The minimum Gasteiger partial charge on any atom is -0.325 e. The van der Waals surface area contributed by atoms with Gasteiger partial charge < -0.3 is 5.32 Å². The Bertz CT molecular complexity index is 1730. The largest absolute Gasteiger partial charge is 0.333 e. The van der Waals surface area contributed by atoms with Crippen LogP contribution >= 0.6 is 23.2 Å². The van der Waals surface area contributed by atoms with Crippen molar-refractivity contribution in [2.75, 3.05) is 23.8 Å². The average molecular weight is 619 g/mol. The Morgan fingerprint density at radius 3 is 2.62 bits per heavy atom. The lowest BCUT2D eigenvalue weighted by Crippen LogP contribution is -2.52. The predicted octanol–water partition coefficient (Wildman–Crippen LogP) is 4.20. The Labute approximate surface area is 246 Å². The Hall–Kier alpha value is -4.15. The van der Waals surface area contributed by atoms with Gasteiger partial charge >= 0.3 is 6.55 Å². The summed E-state index contributed by atoms with van der Waals surface area (Å²) in [7, 11) is 1.80. The third kappa shape index (κ3) is 5.91. The molecule has 1 saturated heterocycles. The molecule has 1 N–H and O–H groups in total. The summed E-state index contributed by atoms with van der Waals surface area (Å²) in [5, 5.41) is 23.1. The minimum atomic E-state index is -2.81. The highest BCUT2D eigenvalue weighted by atomic mass is 35.5. The number of amides is 1. The highest BCUT2D eigenvalue weighted by molar-refractivity contribution is 6.31. The first-order chi connectivity index (χ1) is 20.2. The number of hydrogen-bond donors (Lipinski definition) is 1. The molecule has 1 aliphatic heterocycles. The van der Waals surface area contributed by atoms with Crippen LogP contribution in [0.4, 0.5) is 20.2 Å². The highest BCUT2D eigenvalue weighted by Crippen LogP contribution is 2.30. The minimum absolute atomic E-state index is 0.0378. The monoisotopic (exact) mass is 618 g/mol. The van der Waals surface area contributed by atoms with E-state index in [0.717, 1.165) is 17.1 Å². The fraction of sp³-hybridized carbons (Fsp3) is 0.240. The Balaban J connectivity index is 1.22. The number of benzene rings is 2. The number of carbonyl (C=O) groups is 1. The summed E-state index contributed by atoms with van der Waals surface area (Å²) < 4.78 is 30.0. The molecule has 5 aromatic rings. The van der Waals surface area contributed by atoms with Gasteiger partial charge in [0.05, 0.1) is 28.8 Å². The molecule has 0 bridgehead atoms. The summed E-state index contributed by atoms with van der Waals surface area (Å²) in [5.74, 6) is -0.456. The van der Waals surface area contributed by atoms with E-state index in [1.807, 2.05) is 6.20 Å². The topological polar surface area (TPSA) is 120 Å². The van der Waals surface area contributed by atoms with Gasteiger partial charge in [-0.05, 0) is 42.5 Å². The van der Waals surface area contributed by atoms with Crippen molar-refractivity contribution in [2.24, 2.45) is 7.05 Å². The summed E-state index contributed by atoms with van der Waals surface area (Å²) in [4.78, 5) is 25.5. The van der Waals surface area contributed by atoms with Crippen molar-refractivity contribution in [1.29, 1.82) is 0 Å². The van der Waals surface area contributed by atoms with Gasteiger partial charge in [0.15, 0.2) is 18.6 Å². The molecule has 0 saturated carbocycles. The maximum Gasteiger partial charge on any atom is 0.333 e. The normalized spacial score (nSPS) is 15.0. The van der Waals surface area contributed by atoms with Crippen molar-refractivity contribution < 1.29 is 23.3 Å². The molecule has 218 valence electrons. The molecule has 1 aliphatic rings. The maximum atomic E-state index is 13.6. The molecule has 42 heavy (non-hydrogen) atoms. The van der Waals surface area contributed by atoms with Gasteiger partial charge in [0.2, 0.25) is 5.91 Å². The van der Waals surface area contributed by atoms with E-state index in [9.17, 15) is 13.6 Å². The quantitative estimate of drug-likeness (QED) is 0.273. The van der Waals surface area contributed by atoms with Gasteiger partial charge in [-0.2, -0.15) is 19.0 Å². The van der Waals surface area contributed by atoms with Crippen molar-refractivity contribution in [3.8, 4) is 5.69 Å². The number of carbonyl (C=O) groups excluding carboxylic acids is 1. The number of anilines is 2. The Kier molecular flexibility index (Phi) is 7.74. The van der Waals surface area contributed by atoms with Crippen molar-refractivity contribution in [1.82, 2.24) is 39.6 Å². The van der Waals surface area contributed by atoms with Crippen molar-refractivity contribution >= 4 is 51.4 Å². The first-order valence-electron chi connectivity index (χ1n) is 12.5. The molecule has 6 rings (SSSR count). The van der Waals surface area contributed by atoms with Crippen LogP contribution < -0.4 is 10.4 Å². The van der Waals surface area contributed by atoms with Crippen LogP contribution in [0.15, 0.2) is 61.1 Å². The van der Waals surface area contributed by atoms with E-state index in [4.69, 9.17) is 32.9 Å². The lowest BCUT2D eigenvalue weighted by molar-refractivity contribution is -0.279. The number of hydrogen-bond acceptors (Lipinski definition) is 9. The fourth-order valence-corrected chi connectivity index (χ4v) is 4.76. The summed E-state index contributed by atoms with van der Waals surface area (Å²) in [6.45, 7) is -3.15. The van der Waals surface area contributed by atoms with Crippen molar-refractivity contribution in [3.05, 3.63) is 76.9 Å². The predicted molar refractivity (Wildman–Crippen MR) is 148 cm³/mol. The van der Waals surface area contributed by atoms with E-state index in [1.165, 1.54) is 27.1 Å². The number of alkyl halides is 2. The Morgan fingerprint density at radius 2 is 1.90 bits per heavy atom. The molecule has 0 spiro atoms. The van der Waals surface area contributed by atoms with Gasteiger partial charge in [0.1, 0.15) is 6.04 Å². The molecule has 3 aromatic heterocycles. The fourth-order valence-electron chi connectivity index (χ4n) is 4.47. The molecule has 0 aliphatic carbocycles. The van der Waals surface area contributed by atoms with Gasteiger partial charge in [-0.3, -0.25) is 19.2 Å². The summed E-state index contributed by atoms with van der Waals surface area (Å²) in [5.41, 5.74) is 2.63. The number of hydroxylamine groups is 3. The van der Waals surface area contributed by atoms with Crippen LogP contribution in [0.1, 0.15) is 12.2 Å². The number of nitrogens with one attached hydrogen (secondary N) is 1. The molecule has 4 heterocycles. The van der Waals surface area contributed by atoms with E-state index in [0.29, 0.717) is 26.8 Å². The second-order valence-electron chi connectivity index (χ2n) is 9.28. The van der Waals surface area contributed by atoms with Crippen LogP contribution in [-0.2, 0) is 27.9 Å². The maximum absolute atomic E-state index is 13.6. The van der Waals surface area contributed by atoms with E-state index in [2.05, 4.69) is 25.8 Å². The zero-order chi connectivity index (χ0) is 29.4. The van der Waals surface area contributed by atoms with E-state index in [1.54, 1.807) is 48.1 Å². The van der Waals surface area contributed by atoms with Crippen LogP contribution in [-0.4, -0.2) is 65.0 Å². The first kappa shape index (κ1) is 28.0. The van der Waals surface area contributed by atoms with Gasteiger partial charge in [-0.25, -0.2) is 14.4 Å². The van der Waals surface area contributed by atoms with Crippen LogP contribution in [0, 0.1) is 0 Å². The molecule has 13 nitrogen and oxygen atoms in total. The lowest BCUT2D eigenvalue weighted by atomic mass is 10.1. The zero-order valence-electron chi connectivity index (χ0n) is 21.8. The SMILES string of the molecule is Cn1cc2cc(NC(=O)C(Cc3ccn(C(F)F)n3)N3CON(c4cc(Cl)ccc4-n4cc(Cl)nn4)CO3)ccc2n1. The summed E-state index contributed by atoms with van der Waals surface area (Å²) >= 11 is 12.2. The van der Waals surface area contributed by atoms with Crippen LogP contribution in [0.2, 0.25) is 10.2 Å². The molecule has 1 atom stereocenters. The van der Waals surface area contributed by atoms with Crippen LogP contribution in [0.3, 0.4) is 0 Å². The summed E-state index contributed by atoms with van der Waals surface area (Å²) in [6.07, 6.45) is 4.46. The molecule has 0 radical (unpaired) electrons. The second kappa shape index (κ2) is 11.6. The third-order valence-electron chi connectivity index (χ3n) is 6.40. The molecule has 17 heteroatoms. The van der Waals surface area contributed by atoms with Gasteiger partial charge in [-0.1, -0.05) is 28.4 Å². The summed E-state index contributed by atoms with van der Waals surface area (Å²) in [6, 6.07) is 10.8. The van der Waals surface area contributed by atoms with E-state index in [-0.39, 0.29) is 30.7 Å². The van der Waals surface area contributed by atoms with Gasteiger partial charge in [0, 0.05) is 42.0 Å².